The highest BCUT2D eigenvalue weighted by Crippen LogP contribution is 2.38. The molecule has 0 fully saturated rings. The van der Waals surface area contributed by atoms with Crippen molar-refractivity contribution in [3.63, 3.8) is 0 Å². The average molecular weight is 289 g/mol. The summed E-state index contributed by atoms with van der Waals surface area (Å²) >= 11 is 0. The minimum atomic E-state index is -4.63. The first-order chi connectivity index (χ1) is 9.19. The van der Waals surface area contributed by atoms with Crippen molar-refractivity contribution in [2.45, 2.75) is 12.4 Å². The van der Waals surface area contributed by atoms with Crippen LogP contribution in [-0.2, 0) is 12.4 Å². The van der Waals surface area contributed by atoms with Crippen LogP contribution in [0.4, 0.5) is 26.3 Å². The van der Waals surface area contributed by atoms with Gasteiger partial charge in [0, 0.05) is 0 Å². The summed E-state index contributed by atoms with van der Waals surface area (Å²) in [6, 6.07) is 9.18. The third-order valence-electron chi connectivity index (χ3n) is 2.66. The quantitative estimate of drug-likeness (QED) is 0.634. The van der Waals surface area contributed by atoms with E-state index < -0.39 is 23.5 Å². The zero-order valence-electron chi connectivity index (χ0n) is 9.81. The van der Waals surface area contributed by atoms with Crippen molar-refractivity contribution in [1.29, 1.82) is 0 Å². The van der Waals surface area contributed by atoms with Crippen LogP contribution in [0.15, 0.2) is 42.5 Å². The van der Waals surface area contributed by atoms with Crippen LogP contribution in [0.2, 0.25) is 0 Å². The molecule has 2 aromatic rings. The van der Waals surface area contributed by atoms with Crippen molar-refractivity contribution in [2.24, 2.45) is 0 Å². The van der Waals surface area contributed by atoms with E-state index in [1.165, 1.54) is 12.1 Å². The number of alkyl halides is 6. The Balaban J connectivity index is 2.59. The van der Waals surface area contributed by atoms with Gasteiger partial charge >= 0.3 is 12.4 Å². The van der Waals surface area contributed by atoms with Crippen LogP contribution in [-0.4, -0.2) is 0 Å². The molecule has 20 heavy (non-hydrogen) atoms. The largest absolute Gasteiger partial charge is 0.417 e. The van der Waals surface area contributed by atoms with Gasteiger partial charge in [0.1, 0.15) is 0 Å². The number of benzene rings is 2. The molecule has 1 radical (unpaired) electrons. The molecule has 0 aliphatic rings. The maximum atomic E-state index is 12.8. The number of halogens is 6. The molecule has 0 nitrogen and oxygen atoms in total. The van der Waals surface area contributed by atoms with E-state index in [4.69, 9.17) is 0 Å². The van der Waals surface area contributed by atoms with E-state index in [1.54, 1.807) is 0 Å². The molecule has 0 amide bonds. The van der Waals surface area contributed by atoms with Gasteiger partial charge in [0.05, 0.1) is 11.1 Å². The molecule has 0 atom stereocenters. The molecule has 0 spiro atoms. The Bertz CT molecular complexity index is 610. The van der Waals surface area contributed by atoms with Gasteiger partial charge in [-0.2, -0.15) is 26.3 Å². The number of rotatable bonds is 1. The third kappa shape index (κ3) is 2.95. The monoisotopic (exact) mass is 289 g/mol. The van der Waals surface area contributed by atoms with Gasteiger partial charge in [-0.3, -0.25) is 0 Å². The van der Waals surface area contributed by atoms with Crippen LogP contribution in [0.1, 0.15) is 11.1 Å². The second-order valence-corrected chi connectivity index (χ2v) is 4.05. The van der Waals surface area contributed by atoms with Gasteiger partial charge in [-0.15, -0.1) is 0 Å². The Morgan fingerprint density at radius 2 is 1.45 bits per heavy atom. The van der Waals surface area contributed by atoms with Crippen molar-refractivity contribution in [2.75, 3.05) is 0 Å². The van der Waals surface area contributed by atoms with E-state index in [9.17, 15) is 26.3 Å². The fraction of sp³-hybridized carbons (Fsp3) is 0.143. The van der Waals surface area contributed by atoms with Gasteiger partial charge in [0.15, 0.2) is 0 Å². The van der Waals surface area contributed by atoms with Gasteiger partial charge in [0.2, 0.25) is 0 Å². The fourth-order valence-electron chi connectivity index (χ4n) is 1.77. The van der Waals surface area contributed by atoms with Gasteiger partial charge in [-0.1, -0.05) is 18.2 Å². The summed E-state index contributed by atoms with van der Waals surface area (Å²) in [5.74, 6) is 0. The fourth-order valence-corrected chi connectivity index (χ4v) is 1.77. The molecule has 0 aliphatic heterocycles. The van der Waals surface area contributed by atoms with Gasteiger partial charge in [-0.25, -0.2) is 0 Å². The maximum Gasteiger partial charge on any atom is 0.417 e. The van der Waals surface area contributed by atoms with E-state index in [0.29, 0.717) is 12.1 Å². The normalized spacial score (nSPS) is 12.5. The molecular formula is C14H7F6. The molecular weight excluding hydrogens is 282 g/mol. The van der Waals surface area contributed by atoms with Gasteiger partial charge in [-0.05, 0) is 41.5 Å². The molecule has 2 aromatic carbocycles. The van der Waals surface area contributed by atoms with E-state index >= 15 is 0 Å². The van der Waals surface area contributed by atoms with Crippen molar-refractivity contribution in [1.82, 2.24) is 0 Å². The van der Waals surface area contributed by atoms with E-state index in [1.807, 2.05) is 0 Å². The first kappa shape index (κ1) is 14.4. The Morgan fingerprint density at radius 1 is 0.800 bits per heavy atom. The van der Waals surface area contributed by atoms with Crippen LogP contribution in [0.25, 0.3) is 11.1 Å². The molecule has 0 saturated carbocycles. The first-order valence-electron chi connectivity index (χ1n) is 5.44. The summed E-state index contributed by atoms with van der Waals surface area (Å²) in [5.41, 5.74) is -2.49. The van der Waals surface area contributed by atoms with E-state index in [-0.39, 0.29) is 11.1 Å². The van der Waals surface area contributed by atoms with Crippen molar-refractivity contribution in [3.05, 3.63) is 59.7 Å². The predicted molar refractivity (Wildman–Crippen MR) is 60.7 cm³/mol. The lowest BCUT2D eigenvalue weighted by atomic mass is 9.97. The molecule has 0 bridgehead atoms. The zero-order chi connectivity index (χ0) is 15.0. The zero-order valence-corrected chi connectivity index (χ0v) is 9.81. The third-order valence-corrected chi connectivity index (χ3v) is 2.66. The van der Waals surface area contributed by atoms with Crippen LogP contribution < -0.4 is 0 Å². The summed E-state index contributed by atoms with van der Waals surface area (Å²) in [4.78, 5) is 0. The highest BCUT2D eigenvalue weighted by molar-refractivity contribution is 5.68. The van der Waals surface area contributed by atoms with Crippen molar-refractivity contribution >= 4 is 0 Å². The SMILES string of the molecule is FC(F)(F)c1c[c]cc(-c2ccccc2C(F)(F)F)c1. The van der Waals surface area contributed by atoms with E-state index in [0.717, 1.165) is 18.2 Å². The first-order valence-corrected chi connectivity index (χ1v) is 5.44. The summed E-state index contributed by atoms with van der Waals surface area (Å²) in [6.45, 7) is 0. The maximum absolute atomic E-state index is 12.8. The average Bonchev–Trinajstić information content (AvgIpc) is 2.37. The Hall–Kier alpha value is -1.98. The molecule has 105 valence electrons. The van der Waals surface area contributed by atoms with Crippen LogP contribution >= 0.6 is 0 Å². The van der Waals surface area contributed by atoms with Crippen LogP contribution in [0.3, 0.4) is 0 Å². The van der Waals surface area contributed by atoms with Crippen molar-refractivity contribution in [3.8, 4) is 11.1 Å². The topological polar surface area (TPSA) is 0 Å². The number of hydrogen-bond acceptors (Lipinski definition) is 0. The molecule has 0 N–H and O–H groups in total. The molecule has 0 heterocycles. The lowest BCUT2D eigenvalue weighted by molar-refractivity contribution is -0.137. The molecule has 0 aliphatic carbocycles. The minimum Gasteiger partial charge on any atom is -0.166 e. The van der Waals surface area contributed by atoms with Gasteiger partial charge in [0.25, 0.3) is 0 Å². The Morgan fingerprint density at radius 3 is 2.05 bits per heavy atom. The predicted octanol–water partition coefficient (Wildman–Crippen LogP) is 5.19. The standard InChI is InChI=1S/C14H7F6/c15-13(16,17)10-5-3-4-9(8-10)11-6-1-2-7-12(11)14(18,19)20/h1-2,4-8H. The summed E-state index contributed by atoms with van der Waals surface area (Å²) in [5, 5.41) is 0. The summed E-state index contributed by atoms with van der Waals surface area (Å²) < 4.78 is 76.2. The molecule has 0 aromatic heterocycles. The molecule has 6 heteroatoms. The smallest absolute Gasteiger partial charge is 0.166 e. The second-order valence-electron chi connectivity index (χ2n) is 4.05. The minimum absolute atomic E-state index is 0.173. The van der Waals surface area contributed by atoms with Crippen LogP contribution in [0.5, 0.6) is 0 Å². The van der Waals surface area contributed by atoms with Gasteiger partial charge < -0.3 is 0 Å². The Kier molecular flexibility index (Phi) is 3.50. The van der Waals surface area contributed by atoms with Crippen molar-refractivity contribution < 1.29 is 26.3 Å². The lowest BCUT2D eigenvalue weighted by Gasteiger charge is -2.14. The molecule has 0 unspecified atom stereocenters. The van der Waals surface area contributed by atoms with Crippen LogP contribution in [0, 0.1) is 6.07 Å². The second kappa shape index (κ2) is 4.85. The summed E-state index contributed by atoms with van der Waals surface area (Å²) in [6.07, 6.45) is -9.26. The highest BCUT2D eigenvalue weighted by atomic mass is 19.4. The lowest BCUT2D eigenvalue weighted by Crippen LogP contribution is -2.08. The highest BCUT2D eigenvalue weighted by Gasteiger charge is 2.34. The number of hydrogen-bond donors (Lipinski definition) is 0. The molecule has 2 rings (SSSR count). The Labute approximate surface area is 110 Å². The molecule has 0 saturated heterocycles. The van der Waals surface area contributed by atoms with E-state index in [2.05, 4.69) is 6.07 Å². The summed E-state index contributed by atoms with van der Waals surface area (Å²) in [7, 11) is 0.